The molecule has 5 nitrogen and oxygen atoms in total. The minimum absolute atomic E-state index is 0.100. The average molecular weight is 433 g/mol. The van der Waals surface area contributed by atoms with Crippen LogP contribution in [0.1, 0.15) is 42.0 Å². The number of halogens is 3. The lowest BCUT2D eigenvalue weighted by molar-refractivity contribution is -0.137. The molecule has 1 aliphatic carbocycles. The third kappa shape index (κ3) is 4.49. The van der Waals surface area contributed by atoms with Crippen molar-refractivity contribution in [3.63, 3.8) is 0 Å². The topological polar surface area (TPSA) is 55.8 Å². The van der Waals surface area contributed by atoms with Crippen molar-refractivity contribution in [3.05, 3.63) is 59.2 Å². The molecule has 0 unspecified atom stereocenters. The van der Waals surface area contributed by atoms with E-state index in [2.05, 4.69) is 5.32 Å². The van der Waals surface area contributed by atoms with E-state index in [0.717, 1.165) is 55.6 Å². The van der Waals surface area contributed by atoms with Gasteiger partial charge in [0, 0.05) is 19.6 Å². The molecule has 1 atom stereocenters. The largest absolute Gasteiger partial charge is 0.416 e. The van der Waals surface area contributed by atoms with E-state index in [1.165, 1.54) is 11.0 Å². The summed E-state index contributed by atoms with van der Waals surface area (Å²) >= 11 is 0. The summed E-state index contributed by atoms with van der Waals surface area (Å²) in [6.45, 7) is 1.35. The Morgan fingerprint density at radius 1 is 1.16 bits per heavy atom. The van der Waals surface area contributed by atoms with Crippen molar-refractivity contribution in [1.29, 1.82) is 0 Å². The average Bonchev–Trinajstić information content (AvgIpc) is 3.41. The minimum Gasteiger partial charge on any atom is -0.395 e. The quantitative estimate of drug-likeness (QED) is 0.711. The maximum atomic E-state index is 13.3. The Kier molecular flexibility index (Phi) is 6.09. The molecule has 0 saturated carbocycles. The molecule has 1 saturated heterocycles. The molecule has 2 aromatic carbocycles. The number of aliphatic hydroxyl groups excluding tert-OH is 1. The molecule has 0 aromatic heterocycles. The van der Waals surface area contributed by atoms with Crippen molar-refractivity contribution in [2.75, 3.05) is 36.5 Å². The lowest BCUT2D eigenvalue weighted by atomic mass is 10.1. The Balaban J connectivity index is 1.64. The Hall–Kier alpha value is -2.74. The minimum atomic E-state index is -4.50. The molecular formula is C23H26F3N3O2. The van der Waals surface area contributed by atoms with Crippen LogP contribution in [0.2, 0.25) is 0 Å². The highest BCUT2D eigenvalue weighted by molar-refractivity contribution is 5.94. The smallest absolute Gasteiger partial charge is 0.395 e. The number of carbonyl (C=O) groups is 1. The number of nitrogens with one attached hydrogen (secondary N) is 1. The molecule has 2 aliphatic rings. The van der Waals surface area contributed by atoms with Gasteiger partial charge < -0.3 is 20.2 Å². The van der Waals surface area contributed by atoms with Gasteiger partial charge in [-0.05, 0) is 55.0 Å². The molecule has 4 rings (SSSR count). The standard InChI is InChI=1S/C23H26F3N3O2/c24-23(25,26)17-8-10-21(28-11-3-4-12-28)19(15-17)27-22(31)29(13-14-30)20-9-7-16-5-1-2-6-18(16)20/h1-2,5-6,8,10,15,20,30H,3-4,7,9,11-14H2,(H,27,31)/t20-/m0/s1. The number of benzene rings is 2. The number of amides is 2. The van der Waals surface area contributed by atoms with Crippen LogP contribution >= 0.6 is 0 Å². The van der Waals surface area contributed by atoms with Gasteiger partial charge in [-0.3, -0.25) is 0 Å². The predicted molar refractivity (Wildman–Crippen MR) is 113 cm³/mol. The summed E-state index contributed by atoms with van der Waals surface area (Å²) in [5, 5.41) is 12.3. The first-order valence-electron chi connectivity index (χ1n) is 10.6. The summed E-state index contributed by atoms with van der Waals surface area (Å²) in [4.78, 5) is 16.8. The number of urea groups is 1. The van der Waals surface area contributed by atoms with Crippen LogP contribution in [0.15, 0.2) is 42.5 Å². The van der Waals surface area contributed by atoms with E-state index in [4.69, 9.17) is 0 Å². The van der Waals surface area contributed by atoms with Crippen LogP contribution in [-0.2, 0) is 12.6 Å². The molecule has 1 fully saturated rings. The van der Waals surface area contributed by atoms with Crippen molar-refractivity contribution in [2.45, 2.75) is 37.9 Å². The summed E-state index contributed by atoms with van der Waals surface area (Å²) in [7, 11) is 0. The number of rotatable bonds is 5. The molecular weight excluding hydrogens is 407 g/mol. The van der Waals surface area contributed by atoms with Crippen LogP contribution < -0.4 is 10.2 Å². The predicted octanol–water partition coefficient (Wildman–Crippen LogP) is 4.82. The number of hydrogen-bond donors (Lipinski definition) is 2. The molecule has 0 radical (unpaired) electrons. The highest BCUT2D eigenvalue weighted by Crippen LogP contribution is 2.38. The van der Waals surface area contributed by atoms with Crippen LogP contribution in [0.4, 0.5) is 29.3 Å². The molecule has 1 aliphatic heterocycles. The van der Waals surface area contributed by atoms with E-state index in [-0.39, 0.29) is 24.9 Å². The summed E-state index contributed by atoms with van der Waals surface area (Å²) in [6.07, 6.45) is -1.04. The molecule has 0 spiro atoms. The van der Waals surface area contributed by atoms with Gasteiger partial charge in [0.05, 0.1) is 29.6 Å². The van der Waals surface area contributed by atoms with Gasteiger partial charge in [0.2, 0.25) is 0 Å². The van der Waals surface area contributed by atoms with Crippen molar-refractivity contribution in [3.8, 4) is 0 Å². The van der Waals surface area contributed by atoms with Crippen LogP contribution in [-0.4, -0.2) is 42.3 Å². The van der Waals surface area contributed by atoms with E-state index < -0.39 is 17.8 Å². The monoisotopic (exact) mass is 433 g/mol. The lowest BCUT2D eigenvalue weighted by Gasteiger charge is -2.30. The number of fused-ring (bicyclic) bond motifs is 1. The number of hydrogen-bond acceptors (Lipinski definition) is 3. The second-order valence-electron chi connectivity index (χ2n) is 8.02. The van der Waals surface area contributed by atoms with Gasteiger partial charge >= 0.3 is 12.2 Å². The van der Waals surface area contributed by atoms with Crippen LogP contribution in [0.3, 0.4) is 0 Å². The fourth-order valence-electron chi connectivity index (χ4n) is 4.60. The van der Waals surface area contributed by atoms with E-state index >= 15 is 0 Å². The van der Waals surface area contributed by atoms with Gasteiger partial charge in [-0.2, -0.15) is 13.2 Å². The number of nitrogens with zero attached hydrogens (tertiary/aromatic N) is 2. The number of anilines is 2. The van der Waals surface area contributed by atoms with E-state index in [1.807, 2.05) is 29.2 Å². The zero-order valence-electron chi connectivity index (χ0n) is 17.2. The molecule has 2 amide bonds. The number of carbonyl (C=O) groups excluding carboxylic acids is 1. The van der Waals surface area contributed by atoms with Gasteiger partial charge in [-0.15, -0.1) is 0 Å². The Bertz CT molecular complexity index is 942. The number of aryl methyl sites for hydroxylation is 1. The first-order chi connectivity index (χ1) is 14.9. The SMILES string of the molecule is O=C(Nc1cc(C(F)(F)F)ccc1N1CCCC1)N(CCO)[C@H]1CCc2ccccc21. The fraction of sp³-hybridized carbons (Fsp3) is 0.435. The normalized spacial score (nSPS) is 18.2. The summed E-state index contributed by atoms with van der Waals surface area (Å²) < 4.78 is 40.0. The second-order valence-corrected chi connectivity index (χ2v) is 8.02. The fourth-order valence-corrected chi connectivity index (χ4v) is 4.60. The van der Waals surface area contributed by atoms with Crippen LogP contribution in [0, 0.1) is 0 Å². The van der Waals surface area contributed by atoms with Gasteiger partial charge in [0.1, 0.15) is 0 Å². The highest BCUT2D eigenvalue weighted by atomic mass is 19.4. The first kappa shape index (κ1) is 21.5. The van der Waals surface area contributed by atoms with Gasteiger partial charge in [0.25, 0.3) is 0 Å². The van der Waals surface area contributed by atoms with Crippen LogP contribution in [0.5, 0.6) is 0 Å². The molecule has 8 heteroatoms. The van der Waals surface area contributed by atoms with Crippen molar-refractivity contribution in [2.24, 2.45) is 0 Å². The summed E-state index contributed by atoms with van der Waals surface area (Å²) in [5.74, 6) is 0. The third-order valence-corrected chi connectivity index (χ3v) is 6.09. The maximum Gasteiger partial charge on any atom is 0.416 e. The molecule has 31 heavy (non-hydrogen) atoms. The molecule has 2 aromatic rings. The van der Waals surface area contributed by atoms with Gasteiger partial charge in [-0.25, -0.2) is 4.79 Å². The Morgan fingerprint density at radius 2 is 1.90 bits per heavy atom. The zero-order valence-corrected chi connectivity index (χ0v) is 17.2. The first-order valence-corrected chi connectivity index (χ1v) is 10.6. The van der Waals surface area contributed by atoms with Gasteiger partial charge in [0.15, 0.2) is 0 Å². The van der Waals surface area contributed by atoms with Crippen molar-refractivity contribution < 1.29 is 23.1 Å². The number of alkyl halides is 3. The molecule has 2 N–H and O–H groups in total. The Labute approximate surface area is 179 Å². The van der Waals surface area contributed by atoms with E-state index in [9.17, 15) is 23.1 Å². The van der Waals surface area contributed by atoms with E-state index in [0.29, 0.717) is 12.1 Å². The maximum absolute atomic E-state index is 13.3. The summed E-state index contributed by atoms with van der Waals surface area (Å²) in [6, 6.07) is 10.6. The zero-order chi connectivity index (χ0) is 22.0. The Morgan fingerprint density at radius 3 is 2.61 bits per heavy atom. The molecule has 1 heterocycles. The lowest BCUT2D eigenvalue weighted by Crippen LogP contribution is -2.39. The van der Waals surface area contributed by atoms with Crippen molar-refractivity contribution >= 4 is 17.4 Å². The van der Waals surface area contributed by atoms with Gasteiger partial charge in [-0.1, -0.05) is 24.3 Å². The molecule has 166 valence electrons. The second kappa shape index (κ2) is 8.78. The van der Waals surface area contributed by atoms with E-state index in [1.54, 1.807) is 0 Å². The van der Waals surface area contributed by atoms with Crippen molar-refractivity contribution in [1.82, 2.24) is 4.90 Å². The highest BCUT2D eigenvalue weighted by Gasteiger charge is 2.34. The third-order valence-electron chi connectivity index (χ3n) is 6.09. The summed E-state index contributed by atoms with van der Waals surface area (Å²) in [5.41, 5.74) is 2.12. The number of aliphatic hydroxyl groups is 1. The molecule has 0 bridgehead atoms. The van der Waals surface area contributed by atoms with Crippen LogP contribution in [0.25, 0.3) is 0 Å².